The second-order valence-electron chi connectivity index (χ2n) is 6.41. The molecule has 1 N–H and O–H groups in total. The monoisotopic (exact) mass is 470 g/mol. The van der Waals surface area contributed by atoms with Crippen molar-refractivity contribution < 1.29 is 22.7 Å². The number of halogens is 4. The Hall–Kier alpha value is -2.72. The normalized spacial score (nSPS) is 12.5. The standard InChI is InChI=1S/C20H18ClF3N4O2S/c1-12(18(29)25-11-20(22,23)24)31-19-27-26-17(15-5-3-4-6-16(15)30-2)28(19)14-9-7-13(21)8-10-14/h3-10,12H,11H2,1-2H3,(H,25,29). The fourth-order valence-corrected chi connectivity index (χ4v) is 3.73. The highest BCUT2D eigenvalue weighted by Gasteiger charge is 2.29. The number of carbonyl (C=O) groups is 1. The molecule has 0 bridgehead atoms. The smallest absolute Gasteiger partial charge is 0.405 e. The van der Waals surface area contributed by atoms with Gasteiger partial charge in [0.25, 0.3) is 0 Å². The van der Waals surface area contributed by atoms with Gasteiger partial charge in [-0.25, -0.2) is 0 Å². The largest absolute Gasteiger partial charge is 0.496 e. The van der Waals surface area contributed by atoms with Gasteiger partial charge in [0.15, 0.2) is 11.0 Å². The molecule has 0 spiro atoms. The van der Waals surface area contributed by atoms with Gasteiger partial charge < -0.3 is 10.1 Å². The van der Waals surface area contributed by atoms with E-state index in [2.05, 4.69) is 10.2 Å². The molecule has 0 aliphatic heterocycles. The van der Waals surface area contributed by atoms with Crippen molar-refractivity contribution in [3.63, 3.8) is 0 Å². The maximum absolute atomic E-state index is 12.4. The van der Waals surface area contributed by atoms with Crippen molar-refractivity contribution in [2.24, 2.45) is 0 Å². The molecule has 1 amide bonds. The number of nitrogens with zero attached hydrogens (tertiary/aromatic N) is 3. The van der Waals surface area contributed by atoms with E-state index in [1.807, 2.05) is 23.5 Å². The lowest BCUT2D eigenvalue weighted by atomic mass is 10.2. The van der Waals surface area contributed by atoms with Crippen LogP contribution in [0.1, 0.15) is 6.92 Å². The molecular weight excluding hydrogens is 453 g/mol. The first-order valence-electron chi connectivity index (χ1n) is 9.05. The molecule has 11 heteroatoms. The van der Waals surface area contributed by atoms with Crippen molar-refractivity contribution in [1.29, 1.82) is 0 Å². The molecular formula is C20H18ClF3N4O2S. The molecule has 3 aromatic rings. The van der Waals surface area contributed by atoms with Crippen LogP contribution in [0.25, 0.3) is 17.1 Å². The van der Waals surface area contributed by atoms with Gasteiger partial charge in [-0.3, -0.25) is 9.36 Å². The maximum atomic E-state index is 12.4. The number of thioether (sulfide) groups is 1. The molecule has 1 aromatic heterocycles. The number of amides is 1. The lowest BCUT2D eigenvalue weighted by molar-refractivity contribution is -0.137. The summed E-state index contributed by atoms with van der Waals surface area (Å²) in [5, 5.41) is 10.3. The Balaban J connectivity index is 1.98. The van der Waals surface area contributed by atoms with Crippen LogP contribution in [0.2, 0.25) is 5.02 Å². The van der Waals surface area contributed by atoms with Crippen LogP contribution in [0.15, 0.2) is 53.7 Å². The van der Waals surface area contributed by atoms with Crippen LogP contribution < -0.4 is 10.1 Å². The molecule has 31 heavy (non-hydrogen) atoms. The first-order chi connectivity index (χ1) is 14.7. The molecule has 6 nitrogen and oxygen atoms in total. The van der Waals surface area contributed by atoms with Crippen LogP contribution in [0.4, 0.5) is 13.2 Å². The van der Waals surface area contributed by atoms with Gasteiger partial charge in [-0.15, -0.1) is 10.2 Å². The third kappa shape index (κ3) is 5.71. The Bertz CT molecular complexity index is 1060. The quantitative estimate of drug-likeness (QED) is 0.504. The van der Waals surface area contributed by atoms with Gasteiger partial charge in [-0.05, 0) is 43.3 Å². The Kier molecular flexibility index (Phi) is 7.11. The summed E-state index contributed by atoms with van der Waals surface area (Å²) in [5.74, 6) is 0.259. The van der Waals surface area contributed by atoms with Gasteiger partial charge in [0, 0.05) is 10.7 Å². The fourth-order valence-electron chi connectivity index (χ4n) is 2.72. The zero-order valence-electron chi connectivity index (χ0n) is 16.5. The minimum atomic E-state index is -4.49. The maximum Gasteiger partial charge on any atom is 0.405 e. The van der Waals surface area contributed by atoms with E-state index in [1.165, 1.54) is 14.0 Å². The Morgan fingerprint density at radius 2 is 1.87 bits per heavy atom. The number of rotatable bonds is 7. The van der Waals surface area contributed by atoms with Crippen LogP contribution in [0, 0.1) is 0 Å². The zero-order chi connectivity index (χ0) is 22.6. The van der Waals surface area contributed by atoms with E-state index in [0.29, 0.717) is 33.0 Å². The first kappa shape index (κ1) is 23.0. The van der Waals surface area contributed by atoms with Crippen LogP contribution in [-0.4, -0.2) is 45.8 Å². The number of hydrogen-bond acceptors (Lipinski definition) is 5. The van der Waals surface area contributed by atoms with Crippen molar-refractivity contribution in [3.05, 3.63) is 53.6 Å². The average Bonchev–Trinajstić information content (AvgIpc) is 3.15. The van der Waals surface area contributed by atoms with Gasteiger partial charge in [0.05, 0.1) is 17.9 Å². The lowest BCUT2D eigenvalue weighted by Gasteiger charge is -2.15. The van der Waals surface area contributed by atoms with Crippen molar-refractivity contribution in [1.82, 2.24) is 20.1 Å². The fraction of sp³-hybridized carbons (Fsp3) is 0.250. The van der Waals surface area contributed by atoms with E-state index in [1.54, 1.807) is 34.9 Å². The van der Waals surface area contributed by atoms with Crippen molar-refractivity contribution in [2.45, 2.75) is 23.5 Å². The van der Waals surface area contributed by atoms with Crippen molar-refractivity contribution in [2.75, 3.05) is 13.7 Å². The van der Waals surface area contributed by atoms with E-state index in [0.717, 1.165) is 11.8 Å². The molecule has 0 aliphatic carbocycles. The van der Waals surface area contributed by atoms with Crippen LogP contribution in [0.3, 0.4) is 0 Å². The Labute approximate surface area is 185 Å². The zero-order valence-corrected chi connectivity index (χ0v) is 18.1. The highest BCUT2D eigenvalue weighted by Crippen LogP contribution is 2.34. The minimum absolute atomic E-state index is 0.331. The Morgan fingerprint density at radius 3 is 2.52 bits per heavy atom. The van der Waals surface area contributed by atoms with E-state index in [-0.39, 0.29) is 0 Å². The van der Waals surface area contributed by atoms with E-state index in [9.17, 15) is 18.0 Å². The number of para-hydroxylation sites is 1. The highest BCUT2D eigenvalue weighted by atomic mass is 35.5. The number of aromatic nitrogens is 3. The molecule has 164 valence electrons. The summed E-state index contributed by atoms with van der Waals surface area (Å²) < 4.78 is 44.4. The van der Waals surface area contributed by atoms with Crippen LogP contribution >= 0.6 is 23.4 Å². The molecule has 1 unspecified atom stereocenters. The van der Waals surface area contributed by atoms with Gasteiger partial charge in [-0.1, -0.05) is 35.5 Å². The predicted molar refractivity (Wildman–Crippen MR) is 113 cm³/mol. The van der Waals surface area contributed by atoms with Gasteiger partial charge in [-0.2, -0.15) is 13.2 Å². The summed E-state index contributed by atoms with van der Waals surface area (Å²) in [6.45, 7) is 0.104. The highest BCUT2D eigenvalue weighted by molar-refractivity contribution is 8.00. The summed E-state index contributed by atoms with van der Waals surface area (Å²) in [7, 11) is 1.53. The van der Waals surface area contributed by atoms with Gasteiger partial charge >= 0.3 is 6.18 Å². The van der Waals surface area contributed by atoms with E-state index >= 15 is 0 Å². The number of alkyl halides is 3. The lowest BCUT2D eigenvalue weighted by Crippen LogP contribution is -2.38. The molecule has 3 rings (SSSR count). The molecule has 0 saturated carbocycles. The summed E-state index contributed by atoms with van der Waals surface area (Å²) in [6.07, 6.45) is -4.49. The van der Waals surface area contributed by atoms with E-state index < -0.39 is 23.9 Å². The number of carbonyl (C=O) groups excluding carboxylic acids is 1. The molecule has 0 saturated heterocycles. The summed E-state index contributed by atoms with van der Waals surface area (Å²) in [6, 6.07) is 14.1. The average molecular weight is 471 g/mol. The predicted octanol–water partition coefficient (Wildman–Crippen LogP) is 4.76. The minimum Gasteiger partial charge on any atom is -0.496 e. The van der Waals surface area contributed by atoms with Crippen molar-refractivity contribution in [3.8, 4) is 22.8 Å². The number of ether oxygens (including phenoxy) is 1. The third-order valence-corrected chi connectivity index (χ3v) is 5.48. The number of hydrogen-bond donors (Lipinski definition) is 1. The topological polar surface area (TPSA) is 69.0 Å². The van der Waals surface area contributed by atoms with Crippen molar-refractivity contribution >= 4 is 29.3 Å². The Morgan fingerprint density at radius 1 is 1.19 bits per heavy atom. The third-order valence-electron chi connectivity index (χ3n) is 4.18. The molecule has 1 atom stereocenters. The number of nitrogens with one attached hydrogen (secondary N) is 1. The molecule has 1 heterocycles. The van der Waals surface area contributed by atoms with E-state index in [4.69, 9.17) is 16.3 Å². The molecule has 2 aromatic carbocycles. The van der Waals surface area contributed by atoms with Gasteiger partial charge in [0.2, 0.25) is 5.91 Å². The second kappa shape index (κ2) is 9.61. The van der Waals surface area contributed by atoms with Crippen LogP contribution in [-0.2, 0) is 4.79 Å². The molecule has 0 aliphatic rings. The summed E-state index contributed by atoms with van der Waals surface area (Å²) >= 11 is 7.00. The summed E-state index contributed by atoms with van der Waals surface area (Å²) in [4.78, 5) is 12.1. The van der Waals surface area contributed by atoms with Gasteiger partial charge in [0.1, 0.15) is 12.3 Å². The second-order valence-corrected chi connectivity index (χ2v) is 8.16. The molecule has 0 fully saturated rings. The SMILES string of the molecule is COc1ccccc1-c1nnc(SC(C)C(=O)NCC(F)(F)F)n1-c1ccc(Cl)cc1. The van der Waals surface area contributed by atoms with Crippen LogP contribution in [0.5, 0.6) is 5.75 Å². The first-order valence-corrected chi connectivity index (χ1v) is 10.3. The number of methoxy groups -OCH3 is 1. The summed E-state index contributed by atoms with van der Waals surface area (Å²) in [5.41, 5.74) is 1.33. The molecule has 0 radical (unpaired) electrons. The number of benzene rings is 2.